The molecule has 1 aliphatic rings. The van der Waals surface area contributed by atoms with Crippen LogP contribution in [-0.4, -0.2) is 34.4 Å². The third-order valence-corrected chi connectivity index (χ3v) is 3.17. The molecule has 1 heterocycles. The van der Waals surface area contributed by atoms with Gasteiger partial charge in [0.2, 0.25) is 0 Å². The number of benzene rings is 1. The summed E-state index contributed by atoms with van der Waals surface area (Å²) >= 11 is 1.41. The molecule has 2 rings (SSSR count). The number of thioether (sulfide) groups is 1. The molecule has 0 radical (unpaired) electrons. The zero-order valence-electron chi connectivity index (χ0n) is 9.54. The fraction of sp³-hybridized carbons (Fsp3) is 0.167. The van der Waals surface area contributed by atoms with Crippen molar-refractivity contribution >= 4 is 28.9 Å². The second-order valence-corrected chi connectivity index (χ2v) is 4.32. The number of amides is 1. The number of amidine groups is 1. The zero-order valence-corrected chi connectivity index (χ0v) is 10.4. The van der Waals surface area contributed by atoms with Gasteiger partial charge in [0, 0.05) is 12.6 Å². The largest absolute Gasteiger partial charge is 0.507 e. The van der Waals surface area contributed by atoms with E-state index in [1.165, 1.54) is 16.7 Å². The topological polar surface area (TPSA) is 52.9 Å². The number of carbonyl (C=O) groups excluding carboxylic acids is 1. The molecule has 0 spiro atoms. The van der Waals surface area contributed by atoms with Gasteiger partial charge in [-0.2, -0.15) is 0 Å². The van der Waals surface area contributed by atoms with E-state index in [9.17, 15) is 9.90 Å². The molecule has 0 aromatic heterocycles. The number of hydrogen-bond acceptors (Lipinski definition) is 4. The maximum absolute atomic E-state index is 11.8. The van der Waals surface area contributed by atoms with Gasteiger partial charge in [-0.15, -0.1) is 0 Å². The van der Waals surface area contributed by atoms with Gasteiger partial charge in [0.25, 0.3) is 5.91 Å². The first-order chi connectivity index (χ1) is 8.13. The molecule has 0 saturated carbocycles. The van der Waals surface area contributed by atoms with E-state index in [-0.39, 0.29) is 11.7 Å². The lowest BCUT2D eigenvalue weighted by molar-refractivity contribution is -0.121. The van der Waals surface area contributed by atoms with Crippen molar-refractivity contribution in [2.75, 3.05) is 13.3 Å². The van der Waals surface area contributed by atoms with E-state index in [1.54, 1.807) is 37.4 Å². The molecule has 88 valence electrons. The second-order valence-electron chi connectivity index (χ2n) is 3.55. The molecule has 1 aliphatic heterocycles. The molecule has 1 N–H and O–H groups in total. The maximum atomic E-state index is 11.8. The Morgan fingerprint density at radius 2 is 2.12 bits per heavy atom. The van der Waals surface area contributed by atoms with Crippen LogP contribution in [0.25, 0.3) is 6.08 Å². The Balaban J connectivity index is 2.39. The van der Waals surface area contributed by atoms with Gasteiger partial charge in [0.05, 0.1) is 0 Å². The number of carbonyl (C=O) groups is 1. The molecular formula is C12H12N2O2S. The smallest absolute Gasteiger partial charge is 0.278 e. The number of nitrogens with zero attached hydrogens (tertiary/aromatic N) is 2. The molecule has 1 amide bonds. The Bertz CT molecular complexity index is 523. The average Bonchev–Trinajstić information content (AvgIpc) is 2.60. The fourth-order valence-electron chi connectivity index (χ4n) is 1.52. The van der Waals surface area contributed by atoms with E-state index in [1.807, 2.05) is 6.26 Å². The van der Waals surface area contributed by atoms with Gasteiger partial charge in [0.1, 0.15) is 11.4 Å². The van der Waals surface area contributed by atoms with Crippen LogP contribution in [0.3, 0.4) is 0 Å². The van der Waals surface area contributed by atoms with Crippen LogP contribution in [0.2, 0.25) is 0 Å². The quantitative estimate of drug-likeness (QED) is 0.772. The third kappa shape index (κ3) is 2.19. The molecule has 0 aliphatic carbocycles. The van der Waals surface area contributed by atoms with Crippen molar-refractivity contribution in [3.63, 3.8) is 0 Å². The fourth-order valence-corrected chi connectivity index (χ4v) is 2.06. The van der Waals surface area contributed by atoms with Gasteiger partial charge >= 0.3 is 0 Å². The average molecular weight is 248 g/mol. The van der Waals surface area contributed by atoms with Crippen LogP contribution in [0.15, 0.2) is 35.0 Å². The highest BCUT2D eigenvalue weighted by Crippen LogP contribution is 2.24. The van der Waals surface area contributed by atoms with Gasteiger partial charge in [-0.3, -0.25) is 9.69 Å². The lowest BCUT2D eigenvalue weighted by Gasteiger charge is -2.07. The van der Waals surface area contributed by atoms with Crippen molar-refractivity contribution in [3.05, 3.63) is 35.5 Å². The summed E-state index contributed by atoms with van der Waals surface area (Å²) in [6.07, 6.45) is 3.46. The number of phenolic OH excluding ortho intramolecular Hbond substituents is 1. The lowest BCUT2D eigenvalue weighted by atomic mass is 10.1. The van der Waals surface area contributed by atoms with Crippen LogP contribution in [0.1, 0.15) is 5.56 Å². The first-order valence-corrected chi connectivity index (χ1v) is 6.26. The third-order valence-electron chi connectivity index (χ3n) is 2.44. The summed E-state index contributed by atoms with van der Waals surface area (Å²) in [4.78, 5) is 17.5. The Hall–Kier alpha value is -1.75. The van der Waals surface area contributed by atoms with Crippen LogP contribution >= 0.6 is 11.8 Å². The summed E-state index contributed by atoms with van der Waals surface area (Å²) in [5.41, 5.74) is 0.939. The number of likely N-dealkylation sites (N-methyl/N-ethyl adjacent to an activating group) is 1. The van der Waals surface area contributed by atoms with E-state index in [0.717, 1.165) is 0 Å². The summed E-state index contributed by atoms with van der Waals surface area (Å²) in [5.74, 6) is -0.0131. The molecule has 0 fully saturated rings. The molecule has 5 heteroatoms. The summed E-state index contributed by atoms with van der Waals surface area (Å²) in [6.45, 7) is 0. The number of phenols is 1. The second kappa shape index (κ2) is 4.63. The summed E-state index contributed by atoms with van der Waals surface area (Å²) in [6, 6.07) is 6.85. The van der Waals surface area contributed by atoms with E-state index in [0.29, 0.717) is 16.4 Å². The number of aliphatic imine (C=N–C) groups is 1. The molecule has 0 unspecified atom stereocenters. The maximum Gasteiger partial charge on any atom is 0.278 e. The van der Waals surface area contributed by atoms with Crippen LogP contribution in [-0.2, 0) is 4.79 Å². The van der Waals surface area contributed by atoms with E-state index in [2.05, 4.69) is 4.99 Å². The first-order valence-electron chi connectivity index (χ1n) is 5.04. The molecule has 1 aromatic carbocycles. The van der Waals surface area contributed by atoms with Crippen LogP contribution in [0, 0.1) is 0 Å². The Labute approximate surface area is 104 Å². The summed E-state index contributed by atoms with van der Waals surface area (Å²) < 4.78 is 0. The lowest BCUT2D eigenvalue weighted by Crippen LogP contribution is -2.25. The minimum Gasteiger partial charge on any atom is -0.507 e. The Morgan fingerprint density at radius 3 is 2.71 bits per heavy atom. The van der Waals surface area contributed by atoms with Gasteiger partial charge in [-0.05, 0) is 18.4 Å². The standard InChI is InChI=1S/C12H12N2O2S/c1-14-11(16)9(13-12(14)17-2)7-8-5-3-4-6-10(8)15/h3-7,15H,1-2H3. The predicted octanol–water partition coefficient (Wildman–Crippen LogP) is 1.92. The molecule has 4 nitrogen and oxygen atoms in total. The minimum absolute atomic E-state index is 0.142. The summed E-state index contributed by atoms with van der Waals surface area (Å²) in [5, 5.41) is 10.3. The van der Waals surface area contributed by atoms with Crippen molar-refractivity contribution in [2.45, 2.75) is 0 Å². The highest BCUT2D eigenvalue weighted by Gasteiger charge is 2.26. The van der Waals surface area contributed by atoms with Gasteiger partial charge < -0.3 is 5.11 Å². The van der Waals surface area contributed by atoms with Crippen LogP contribution in [0.5, 0.6) is 5.75 Å². The Morgan fingerprint density at radius 1 is 1.41 bits per heavy atom. The van der Waals surface area contributed by atoms with Crippen LogP contribution < -0.4 is 0 Å². The SMILES string of the molecule is CSC1=NC(=Cc2ccccc2O)C(=O)N1C. The van der Waals surface area contributed by atoms with E-state index < -0.39 is 0 Å². The molecule has 1 aromatic rings. The number of rotatable bonds is 1. The van der Waals surface area contributed by atoms with Crippen molar-refractivity contribution < 1.29 is 9.90 Å². The first kappa shape index (κ1) is 11.7. The van der Waals surface area contributed by atoms with E-state index >= 15 is 0 Å². The van der Waals surface area contributed by atoms with Crippen molar-refractivity contribution in [1.82, 2.24) is 4.90 Å². The number of hydrogen-bond donors (Lipinski definition) is 1. The van der Waals surface area contributed by atoms with E-state index in [4.69, 9.17) is 0 Å². The van der Waals surface area contributed by atoms with Crippen LogP contribution in [0.4, 0.5) is 0 Å². The molecule has 0 saturated heterocycles. The van der Waals surface area contributed by atoms with Crippen molar-refractivity contribution in [3.8, 4) is 5.75 Å². The normalized spacial score (nSPS) is 17.8. The summed E-state index contributed by atoms with van der Waals surface area (Å²) in [7, 11) is 1.68. The van der Waals surface area contributed by atoms with Crippen molar-refractivity contribution in [1.29, 1.82) is 0 Å². The highest BCUT2D eigenvalue weighted by atomic mass is 32.2. The minimum atomic E-state index is -0.155. The predicted molar refractivity (Wildman–Crippen MR) is 69.8 cm³/mol. The van der Waals surface area contributed by atoms with Gasteiger partial charge in [-0.25, -0.2) is 4.99 Å². The monoisotopic (exact) mass is 248 g/mol. The van der Waals surface area contributed by atoms with Gasteiger partial charge in [0.15, 0.2) is 5.17 Å². The van der Waals surface area contributed by atoms with Gasteiger partial charge in [-0.1, -0.05) is 30.0 Å². The Kier molecular flexibility index (Phi) is 3.19. The molecule has 0 atom stereocenters. The number of aromatic hydroxyl groups is 1. The highest BCUT2D eigenvalue weighted by molar-refractivity contribution is 8.13. The zero-order chi connectivity index (χ0) is 12.4. The molecular weight excluding hydrogens is 236 g/mol. The number of para-hydroxylation sites is 1. The molecule has 0 bridgehead atoms. The van der Waals surface area contributed by atoms with Crippen molar-refractivity contribution in [2.24, 2.45) is 4.99 Å². The molecule has 17 heavy (non-hydrogen) atoms.